The van der Waals surface area contributed by atoms with Gasteiger partial charge in [-0.25, -0.2) is 13.4 Å². The molecule has 1 N–H and O–H groups in total. The number of imidazole rings is 1. The quantitative estimate of drug-likeness (QED) is 0.297. The summed E-state index contributed by atoms with van der Waals surface area (Å²) in [5.41, 5.74) is 3.47. The molecular formula is C27H26Cl2N2O3S. The third-order valence-corrected chi connectivity index (χ3v) is 8.44. The van der Waals surface area contributed by atoms with E-state index in [1.807, 2.05) is 41.8 Å². The lowest BCUT2D eigenvalue weighted by Crippen LogP contribution is -2.15. The van der Waals surface area contributed by atoms with Crippen LogP contribution in [0, 0.1) is 6.92 Å². The van der Waals surface area contributed by atoms with Crippen LogP contribution in [0.5, 0.6) is 0 Å². The van der Waals surface area contributed by atoms with Gasteiger partial charge in [-0.2, -0.15) is 0 Å². The number of aryl methyl sites for hydroxylation is 1. The van der Waals surface area contributed by atoms with Crippen LogP contribution in [0.15, 0.2) is 71.8 Å². The van der Waals surface area contributed by atoms with Gasteiger partial charge < -0.3 is 5.11 Å². The van der Waals surface area contributed by atoms with Crippen molar-refractivity contribution in [3.8, 4) is 28.2 Å². The molecule has 1 aromatic heterocycles. The molecule has 0 aliphatic carbocycles. The van der Waals surface area contributed by atoms with Crippen molar-refractivity contribution in [3.63, 3.8) is 0 Å². The van der Waals surface area contributed by atoms with E-state index in [0.717, 1.165) is 22.4 Å². The average molecular weight is 529 g/mol. The first kappa shape index (κ1) is 25.5. The van der Waals surface area contributed by atoms with Crippen LogP contribution in [-0.4, -0.2) is 28.8 Å². The minimum Gasteiger partial charge on any atom is -0.384 e. The maximum Gasteiger partial charge on any atom is 0.178 e. The summed E-state index contributed by atoms with van der Waals surface area (Å²) in [6, 6.07) is 18.2. The van der Waals surface area contributed by atoms with Gasteiger partial charge in [0.25, 0.3) is 0 Å². The Balaban J connectivity index is 1.86. The second kappa shape index (κ2) is 9.43. The highest BCUT2D eigenvalue weighted by Gasteiger charge is 2.25. The molecule has 0 saturated heterocycles. The van der Waals surface area contributed by atoms with E-state index >= 15 is 0 Å². The molecule has 0 atom stereocenters. The minimum absolute atomic E-state index is 0.0490. The van der Waals surface area contributed by atoms with E-state index in [0.29, 0.717) is 32.0 Å². The molecule has 0 radical (unpaired) electrons. The Labute approximate surface area is 215 Å². The fourth-order valence-electron chi connectivity index (χ4n) is 3.87. The number of rotatable bonds is 6. The van der Waals surface area contributed by atoms with Gasteiger partial charge in [-0.3, -0.25) is 4.57 Å². The second-order valence-corrected chi connectivity index (χ2v) is 12.0. The smallest absolute Gasteiger partial charge is 0.178 e. The van der Waals surface area contributed by atoms with Gasteiger partial charge in [0.1, 0.15) is 11.4 Å². The van der Waals surface area contributed by atoms with Gasteiger partial charge in [0.15, 0.2) is 9.84 Å². The minimum atomic E-state index is -3.30. The highest BCUT2D eigenvalue weighted by molar-refractivity contribution is 7.91. The largest absolute Gasteiger partial charge is 0.384 e. The molecule has 0 spiro atoms. The summed E-state index contributed by atoms with van der Waals surface area (Å²) < 4.78 is 26.6. The van der Waals surface area contributed by atoms with Crippen LogP contribution in [0.25, 0.3) is 28.2 Å². The fraction of sp³-hybridized carbons (Fsp3) is 0.222. The van der Waals surface area contributed by atoms with Crippen molar-refractivity contribution < 1.29 is 13.5 Å². The van der Waals surface area contributed by atoms with Crippen molar-refractivity contribution in [1.29, 1.82) is 0 Å². The molecule has 35 heavy (non-hydrogen) atoms. The molecule has 182 valence electrons. The topological polar surface area (TPSA) is 72.2 Å². The van der Waals surface area contributed by atoms with Crippen molar-refractivity contribution >= 4 is 33.0 Å². The maximum atomic E-state index is 12.3. The first-order chi connectivity index (χ1) is 16.4. The Kier molecular flexibility index (Phi) is 6.86. The van der Waals surface area contributed by atoms with Crippen molar-refractivity contribution in [2.45, 2.75) is 38.2 Å². The molecule has 0 aliphatic rings. The normalized spacial score (nSPS) is 12.2. The first-order valence-corrected chi connectivity index (χ1v) is 13.5. The van der Waals surface area contributed by atoms with E-state index in [4.69, 9.17) is 28.2 Å². The van der Waals surface area contributed by atoms with Crippen LogP contribution >= 0.6 is 23.2 Å². The Morgan fingerprint density at radius 1 is 1.00 bits per heavy atom. The van der Waals surface area contributed by atoms with Gasteiger partial charge >= 0.3 is 0 Å². The van der Waals surface area contributed by atoms with Crippen molar-refractivity contribution in [2.75, 3.05) is 5.75 Å². The fourth-order valence-corrected chi connectivity index (χ4v) is 5.18. The lowest BCUT2D eigenvalue weighted by atomic mass is 10.0. The SMILES string of the molecule is CCS(=O)(=O)c1cccc(-c2ccc(-n3cc(C(C)(C)O)nc3-c3cccc(Cl)c3Cl)c(C)c2)c1. The molecular weight excluding hydrogens is 503 g/mol. The first-order valence-electron chi connectivity index (χ1n) is 11.1. The zero-order valence-electron chi connectivity index (χ0n) is 19.9. The summed E-state index contributed by atoms with van der Waals surface area (Å²) in [5.74, 6) is 0.606. The lowest BCUT2D eigenvalue weighted by Gasteiger charge is -2.14. The molecule has 0 saturated carbocycles. The average Bonchev–Trinajstić information content (AvgIpc) is 3.26. The van der Waals surface area contributed by atoms with E-state index in [1.54, 1.807) is 57.3 Å². The molecule has 0 bridgehead atoms. The molecule has 1 heterocycles. The van der Waals surface area contributed by atoms with Gasteiger partial charge in [0, 0.05) is 11.8 Å². The molecule has 0 unspecified atom stereocenters. The molecule has 5 nitrogen and oxygen atoms in total. The van der Waals surface area contributed by atoms with Crippen LogP contribution in [0.3, 0.4) is 0 Å². The number of benzene rings is 3. The van der Waals surface area contributed by atoms with E-state index < -0.39 is 15.4 Å². The lowest BCUT2D eigenvalue weighted by molar-refractivity contribution is 0.0743. The number of aromatic nitrogens is 2. The molecule has 0 fully saturated rings. The Bertz CT molecular complexity index is 1520. The molecule has 4 rings (SSSR count). The van der Waals surface area contributed by atoms with Gasteiger partial charge in [-0.05, 0) is 73.9 Å². The number of aliphatic hydroxyl groups is 1. The Morgan fingerprint density at radius 2 is 1.69 bits per heavy atom. The third kappa shape index (κ3) is 5.02. The number of hydrogen-bond donors (Lipinski definition) is 1. The van der Waals surface area contributed by atoms with E-state index in [2.05, 4.69) is 0 Å². The number of hydrogen-bond acceptors (Lipinski definition) is 4. The highest BCUT2D eigenvalue weighted by Crippen LogP contribution is 2.36. The zero-order chi connectivity index (χ0) is 25.5. The molecule has 8 heteroatoms. The molecule has 3 aromatic carbocycles. The number of nitrogens with zero attached hydrogens (tertiary/aromatic N) is 2. The summed E-state index contributed by atoms with van der Waals surface area (Å²) in [5, 5.41) is 11.4. The second-order valence-electron chi connectivity index (χ2n) is 8.91. The van der Waals surface area contributed by atoms with Crippen molar-refractivity contribution in [1.82, 2.24) is 9.55 Å². The Hall–Kier alpha value is -2.64. The van der Waals surface area contributed by atoms with E-state index in [-0.39, 0.29) is 5.75 Å². The third-order valence-electron chi connectivity index (χ3n) is 5.89. The monoisotopic (exact) mass is 528 g/mol. The number of halogens is 2. The summed E-state index contributed by atoms with van der Waals surface area (Å²) in [6.45, 7) is 6.96. The summed E-state index contributed by atoms with van der Waals surface area (Å²) in [4.78, 5) is 5.01. The number of sulfone groups is 1. The zero-order valence-corrected chi connectivity index (χ0v) is 22.2. The van der Waals surface area contributed by atoms with Crippen LogP contribution < -0.4 is 0 Å². The van der Waals surface area contributed by atoms with Gasteiger partial charge in [0.05, 0.1) is 32.1 Å². The maximum absolute atomic E-state index is 12.3. The summed E-state index contributed by atoms with van der Waals surface area (Å²) in [6.07, 6.45) is 1.79. The van der Waals surface area contributed by atoms with Gasteiger partial charge in [-0.15, -0.1) is 0 Å². The predicted octanol–water partition coefficient (Wildman–Crippen LogP) is 6.84. The van der Waals surface area contributed by atoms with Crippen LogP contribution in [-0.2, 0) is 15.4 Å². The summed E-state index contributed by atoms with van der Waals surface area (Å²) in [7, 11) is -3.30. The van der Waals surface area contributed by atoms with Crippen LogP contribution in [0.1, 0.15) is 32.0 Å². The van der Waals surface area contributed by atoms with E-state index in [1.165, 1.54) is 0 Å². The van der Waals surface area contributed by atoms with E-state index in [9.17, 15) is 13.5 Å². The molecule has 4 aromatic rings. The van der Waals surface area contributed by atoms with Crippen LogP contribution in [0.2, 0.25) is 10.0 Å². The van der Waals surface area contributed by atoms with Crippen LogP contribution in [0.4, 0.5) is 0 Å². The molecule has 0 amide bonds. The Morgan fingerprint density at radius 3 is 2.34 bits per heavy atom. The van der Waals surface area contributed by atoms with Gasteiger partial charge in [0.2, 0.25) is 0 Å². The highest BCUT2D eigenvalue weighted by atomic mass is 35.5. The van der Waals surface area contributed by atoms with Gasteiger partial charge in [-0.1, -0.05) is 54.4 Å². The summed E-state index contributed by atoms with van der Waals surface area (Å²) >= 11 is 12.8. The predicted molar refractivity (Wildman–Crippen MR) is 142 cm³/mol. The van der Waals surface area contributed by atoms with Crippen molar-refractivity contribution in [3.05, 3.63) is 88.2 Å². The molecule has 0 aliphatic heterocycles. The standard InChI is InChI=1S/C27H26Cl2N2O3S/c1-5-35(33,34)20-9-6-8-18(15-20)19-12-13-23(17(2)14-19)31-16-24(27(3,4)32)30-26(31)21-10-7-11-22(28)25(21)29/h6-16,32H,5H2,1-4H3. The van der Waals surface area contributed by atoms with Crippen molar-refractivity contribution in [2.24, 2.45) is 0 Å².